The predicted molar refractivity (Wildman–Crippen MR) is 90.6 cm³/mol. The van der Waals surface area contributed by atoms with Crippen LogP contribution < -0.4 is 5.32 Å². The van der Waals surface area contributed by atoms with Gasteiger partial charge in [-0.1, -0.05) is 36.0 Å². The second-order valence-electron chi connectivity index (χ2n) is 4.71. The minimum Gasteiger partial charge on any atom is -0.350 e. The van der Waals surface area contributed by atoms with Gasteiger partial charge in [0, 0.05) is 16.8 Å². The molecule has 1 aromatic carbocycles. The first-order chi connectivity index (χ1) is 10.8. The van der Waals surface area contributed by atoms with Gasteiger partial charge in [-0.25, -0.2) is 0 Å². The average Bonchev–Trinajstić information content (AvgIpc) is 3.21. The molecule has 1 atom stereocenters. The Kier molecular flexibility index (Phi) is 4.60. The van der Waals surface area contributed by atoms with Crippen molar-refractivity contribution in [2.75, 3.05) is 11.2 Å². The Balaban J connectivity index is 1.79. The number of aldehydes is 1. The van der Waals surface area contributed by atoms with Gasteiger partial charge in [-0.2, -0.15) is 0 Å². The first-order valence-electron chi connectivity index (χ1n) is 6.73. The standard InChI is InChI=1S/C16H14N2O2S2/c19-10-13(20)16(14-7-4-8-21-14)18-9-15(22-11-18)17-12-5-2-1-3-6-12/h1-10,16-17H,11H2. The highest BCUT2D eigenvalue weighted by atomic mass is 32.2. The van der Waals surface area contributed by atoms with Crippen molar-refractivity contribution < 1.29 is 9.59 Å². The number of nitrogens with one attached hydrogen (secondary N) is 1. The number of thiophene rings is 1. The summed E-state index contributed by atoms with van der Waals surface area (Å²) >= 11 is 3.10. The van der Waals surface area contributed by atoms with Gasteiger partial charge in [0.25, 0.3) is 0 Å². The van der Waals surface area contributed by atoms with Crippen LogP contribution in [-0.4, -0.2) is 22.8 Å². The van der Waals surface area contributed by atoms with Gasteiger partial charge in [-0.3, -0.25) is 9.59 Å². The van der Waals surface area contributed by atoms with E-state index in [1.807, 2.05) is 58.9 Å². The quantitative estimate of drug-likeness (QED) is 0.649. The number of Topliss-reactive ketones (excluding diaryl/α,β-unsaturated/α-hetero) is 1. The van der Waals surface area contributed by atoms with Crippen molar-refractivity contribution in [2.45, 2.75) is 6.04 Å². The zero-order valence-electron chi connectivity index (χ0n) is 11.6. The van der Waals surface area contributed by atoms with E-state index in [9.17, 15) is 9.59 Å². The molecule has 6 heteroatoms. The lowest BCUT2D eigenvalue weighted by Gasteiger charge is -2.22. The minimum absolute atomic E-state index is 0.408. The Morgan fingerprint density at radius 2 is 2.05 bits per heavy atom. The van der Waals surface area contributed by atoms with Crippen molar-refractivity contribution in [1.82, 2.24) is 4.90 Å². The van der Waals surface area contributed by atoms with E-state index in [1.165, 1.54) is 11.3 Å². The summed E-state index contributed by atoms with van der Waals surface area (Å²) in [7, 11) is 0. The van der Waals surface area contributed by atoms with E-state index in [4.69, 9.17) is 0 Å². The molecule has 1 aromatic heterocycles. The number of carbonyl (C=O) groups excluding carboxylic acids is 2. The molecular formula is C16H14N2O2S2. The molecule has 0 spiro atoms. The highest BCUT2D eigenvalue weighted by Crippen LogP contribution is 2.35. The number of ketones is 1. The summed E-state index contributed by atoms with van der Waals surface area (Å²) in [5.74, 6) is 0.220. The van der Waals surface area contributed by atoms with Crippen LogP contribution in [0.5, 0.6) is 0 Å². The van der Waals surface area contributed by atoms with Gasteiger partial charge < -0.3 is 10.2 Å². The number of rotatable bonds is 6. The molecule has 1 aliphatic heterocycles. The molecule has 0 amide bonds. The minimum atomic E-state index is -0.528. The fourth-order valence-electron chi connectivity index (χ4n) is 2.23. The second-order valence-corrected chi connectivity index (χ2v) is 6.68. The molecule has 0 saturated carbocycles. The summed E-state index contributed by atoms with van der Waals surface area (Å²) in [6.07, 6.45) is 2.31. The lowest BCUT2D eigenvalue weighted by molar-refractivity contribution is -0.132. The maximum atomic E-state index is 12.0. The molecule has 0 radical (unpaired) electrons. The van der Waals surface area contributed by atoms with Crippen LogP contribution in [0.2, 0.25) is 0 Å². The van der Waals surface area contributed by atoms with E-state index in [-0.39, 0.29) is 0 Å². The normalized spacial score (nSPS) is 15.3. The second kappa shape index (κ2) is 6.81. The average molecular weight is 330 g/mol. The first-order valence-corrected chi connectivity index (χ1v) is 8.59. The fourth-order valence-corrected chi connectivity index (χ4v) is 3.99. The Hall–Kier alpha value is -2.05. The largest absolute Gasteiger partial charge is 0.350 e. The van der Waals surface area contributed by atoms with Crippen molar-refractivity contribution in [1.29, 1.82) is 0 Å². The highest BCUT2D eigenvalue weighted by molar-refractivity contribution is 8.03. The van der Waals surface area contributed by atoms with Crippen LogP contribution in [-0.2, 0) is 9.59 Å². The van der Waals surface area contributed by atoms with Crippen molar-refractivity contribution in [2.24, 2.45) is 0 Å². The molecule has 1 N–H and O–H groups in total. The van der Waals surface area contributed by atoms with Crippen LogP contribution in [0, 0.1) is 0 Å². The zero-order valence-corrected chi connectivity index (χ0v) is 13.3. The van der Waals surface area contributed by atoms with E-state index in [2.05, 4.69) is 5.32 Å². The van der Waals surface area contributed by atoms with Crippen LogP contribution in [0.3, 0.4) is 0 Å². The molecular weight excluding hydrogens is 316 g/mol. The maximum Gasteiger partial charge on any atom is 0.222 e. The molecule has 3 rings (SSSR count). The molecule has 1 aliphatic rings. The summed E-state index contributed by atoms with van der Waals surface area (Å²) < 4.78 is 0. The molecule has 22 heavy (non-hydrogen) atoms. The number of hydrogen-bond acceptors (Lipinski definition) is 6. The molecule has 1 unspecified atom stereocenters. The molecule has 2 heterocycles. The van der Waals surface area contributed by atoms with E-state index in [0.717, 1.165) is 15.6 Å². The Bertz CT molecular complexity index is 683. The number of nitrogens with zero attached hydrogens (tertiary/aromatic N) is 1. The number of benzene rings is 1. The van der Waals surface area contributed by atoms with Crippen LogP contribution in [0.4, 0.5) is 5.69 Å². The Labute approximate surface area is 136 Å². The number of anilines is 1. The summed E-state index contributed by atoms with van der Waals surface area (Å²) in [5, 5.41) is 6.19. The predicted octanol–water partition coefficient (Wildman–Crippen LogP) is 3.47. The molecule has 4 nitrogen and oxygen atoms in total. The molecule has 112 valence electrons. The Morgan fingerprint density at radius 3 is 2.73 bits per heavy atom. The van der Waals surface area contributed by atoms with Gasteiger partial charge >= 0.3 is 0 Å². The molecule has 0 fully saturated rings. The van der Waals surface area contributed by atoms with Gasteiger partial charge in [-0.05, 0) is 23.6 Å². The van der Waals surface area contributed by atoms with Gasteiger partial charge in [0.2, 0.25) is 5.78 Å². The highest BCUT2D eigenvalue weighted by Gasteiger charge is 2.29. The molecule has 0 aliphatic carbocycles. The Morgan fingerprint density at radius 1 is 1.23 bits per heavy atom. The smallest absolute Gasteiger partial charge is 0.222 e. The van der Waals surface area contributed by atoms with E-state index in [1.54, 1.807) is 11.8 Å². The summed E-state index contributed by atoms with van der Waals surface area (Å²) in [6.45, 7) is 0. The van der Waals surface area contributed by atoms with Crippen LogP contribution in [0.15, 0.2) is 59.1 Å². The molecule has 0 bridgehead atoms. The fraction of sp³-hybridized carbons (Fsp3) is 0.125. The topological polar surface area (TPSA) is 49.4 Å². The monoisotopic (exact) mass is 330 g/mol. The van der Waals surface area contributed by atoms with E-state index >= 15 is 0 Å². The third-order valence-corrected chi connectivity index (χ3v) is 5.09. The van der Waals surface area contributed by atoms with Crippen molar-refractivity contribution in [3.05, 3.63) is 64.0 Å². The lowest BCUT2D eigenvalue weighted by atomic mass is 10.1. The van der Waals surface area contributed by atoms with E-state index in [0.29, 0.717) is 12.2 Å². The first kappa shape index (κ1) is 14.9. The lowest BCUT2D eigenvalue weighted by Crippen LogP contribution is -2.28. The van der Waals surface area contributed by atoms with Crippen LogP contribution >= 0.6 is 23.1 Å². The van der Waals surface area contributed by atoms with Gasteiger partial charge in [-0.15, -0.1) is 11.3 Å². The van der Waals surface area contributed by atoms with Crippen LogP contribution in [0.1, 0.15) is 10.9 Å². The number of carbonyl (C=O) groups is 2. The van der Waals surface area contributed by atoms with Crippen molar-refractivity contribution in [3.63, 3.8) is 0 Å². The maximum absolute atomic E-state index is 12.0. The van der Waals surface area contributed by atoms with Gasteiger partial charge in [0.1, 0.15) is 6.04 Å². The number of hydrogen-bond donors (Lipinski definition) is 1. The third kappa shape index (κ3) is 3.23. The van der Waals surface area contributed by atoms with E-state index < -0.39 is 11.8 Å². The summed E-state index contributed by atoms with van der Waals surface area (Å²) in [6, 6.07) is 13.1. The van der Waals surface area contributed by atoms with Crippen molar-refractivity contribution >= 4 is 40.9 Å². The number of para-hydroxylation sites is 1. The van der Waals surface area contributed by atoms with Gasteiger partial charge in [0.15, 0.2) is 6.29 Å². The SMILES string of the molecule is O=CC(=O)C(c1cccs1)N1C=C(Nc2ccccc2)SC1. The molecule has 2 aromatic rings. The molecule has 0 saturated heterocycles. The third-order valence-electron chi connectivity index (χ3n) is 3.22. The van der Waals surface area contributed by atoms with Gasteiger partial charge in [0.05, 0.1) is 10.9 Å². The van der Waals surface area contributed by atoms with Crippen LogP contribution in [0.25, 0.3) is 0 Å². The summed E-state index contributed by atoms with van der Waals surface area (Å²) in [4.78, 5) is 25.7. The zero-order chi connectivity index (χ0) is 15.4. The summed E-state index contributed by atoms with van der Waals surface area (Å²) in [5.41, 5.74) is 0.998. The number of thioether (sulfide) groups is 1. The van der Waals surface area contributed by atoms with Crippen molar-refractivity contribution in [3.8, 4) is 0 Å².